The molecule has 2 amide bonds. The maximum Gasteiger partial charge on any atom is 0.262 e. The summed E-state index contributed by atoms with van der Waals surface area (Å²) in [4.78, 5) is 24.3. The van der Waals surface area contributed by atoms with Crippen LogP contribution in [0.4, 0.5) is 17.1 Å². The second kappa shape index (κ2) is 10.3. The molecule has 0 aliphatic rings. The largest absolute Gasteiger partial charge is 0.495 e. The van der Waals surface area contributed by atoms with Gasteiger partial charge < -0.3 is 20.1 Å². The first-order valence-corrected chi connectivity index (χ1v) is 11.7. The number of methoxy groups -OCH3 is 2. The average molecular weight is 484 g/mol. The summed E-state index contributed by atoms with van der Waals surface area (Å²) in [7, 11) is -1.13. The van der Waals surface area contributed by atoms with E-state index in [9.17, 15) is 18.0 Å². The highest BCUT2D eigenvalue weighted by Gasteiger charge is 2.21. The van der Waals surface area contributed by atoms with E-state index in [0.29, 0.717) is 28.4 Å². The molecule has 0 saturated carbocycles. The quantitative estimate of drug-likeness (QED) is 0.445. The lowest BCUT2D eigenvalue weighted by Crippen LogP contribution is -2.18. The Bertz CT molecular complexity index is 1340. The van der Waals surface area contributed by atoms with Crippen molar-refractivity contribution in [2.24, 2.45) is 0 Å². The third-order valence-corrected chi connectivity index (χ3v) is 6.37. The van der Waals surface area contributed by atoms with Crippen molar-refractivity contribution >= 4 is 38.9 Å². The molecule has 0 spiro atoms. The number of amides is 2. The van der Waals surface area contributed by atoms with Gasteiger partial charge in [0, 0.05) is 18.2 Å². The predicted octanol–water partition coefficient (Wildman–Crippen LogP) is 4.02. The van der Waals surface area contributed by atoms with Gasteiger partial charge in [-0.3, -0.25) is 14.3 Å². The summed E-state index contributed by atoms with van der Waals surface area (Å²) in [5, 5.41) is 5.34. The topological polar surface area (TPSA) is 123 Å². The molecule has 0 bridgehead atoms. The molecule has 0 aliphatic heterocycles. The fourth-order valence-corrected chi connectivity index (χ4v) is 4.58. The molecule has 0 fully saturated rings. The third kappa shape index (κ3) is 5.65. The number of sulfonamides is 1. The monoisotopic (exact) mass is 483 g/mol. The van der Waals surface area contributed by atoms with Crippen molar-refractivity contribution in [1.29, 1.82) is 0 Å². The van der Waals surface area contributed by atoms with Crippen LogP contribution < -0.4 is 24.8 Å². The number of para-hydroxylation sites is 2. The van der Waals surface area contributed by atoms with Gasteiger partial charge >= 0.3 is 0 Å². The fraction of sp³-hybridized carbons (Fsp3) is 0.167. The first-order valence-electron chi connectivity index (χ1n) is 10.2. The van der Waals surface area contributed by atoms with E-state index in [-0.39, 0.29) is 22.1 Å². The zero-order valence-corrected chi connectivity index (χ0v) is 19.9. The van der Waals surface area contributed by atoms with Gasteiger partial charge in [-0.1, -0.05) is 18.2 Å². The van der Waals surface area contributed by atoms with Gasteiger partial charge in [-0.15, -0.1) is 0 Å². The van der Waals surface area contributed by atoms with Gasteiger partial charge in [0.15, 0.2) is 0 Å². The van der Waals surface area contributed by atoms with Crippen LogP contribution in [-0.4, -0.2) is 34.5 Å². The van der Waals surface area contributed by atoms with Gasteiger partial charge in [0.2, 0.25) is 5.91 Å². The summed E-state index contributed by atoms with van der Waals surface area (Å²) < 4.78 is 39.2. The summed E-state index contributed by atoms with van der Waals surface area (Å²) in [6.07, 6.45) is 0. The molecular weight excluding hydrogens is 458 g/mol. The van der Waals surface area contributed by atoms with Gasteiger partial charge in [0.1, 0.15) is 11.5 Å². The first kappa shape index (κ1) is 24.6. The predicted molar refractivity (Wildman–Crippen MR) is 130 cm³/mol. The van der Waals surface area contributed by atoms with Crippen LogP contribution in [0, 0.1) is 6.92 Å². The van der Waals surface area contributed by atoms with Crippen LogP contribution >= 0.6 is 0 Å². The highest BCUT2D eigenvalue weighted by Crippen LogP contribution is 2.30. The molecular formula is C24H25N3O6S. The fourth-order valence-electron chi connectivity index (χ4n) is 3.24. The first-order chi connectivity index (χ1) is 16.1. The molecule has 0 radical (unpaired) electrons. The second-order valence-corrected chi connectivity index (χ2v) is 8.99. The van der Waals surface area contributed by atoms with Crippen LogP contribution in [0.3, 0.4) is 0 Å². The zero-order chi connectivity index (χ0) is 24.9. The number of rotatable bonds is 8. The van der Waals surface area contributed by atoms with E-state index < -0.39 is 15.9 Å². The van der Waals surface area contributed by atoms with Gasteiger partial charge in [-0.05, 0) is 55.0 Å². The minimum atomic E-state index is -4.02. The van der Waals surface area contributed by atoms with Gasteiger partial charge in [-0.2, -0.15) is 0 Å². The Hall–Kier alpha value is -4.05. The molecule has 3 rings (SSSR count). The van der Waals surface area contributed by atoms with Crippen molar-refractivity contribution in [1.82, 2.24) is 0 Å². The zero-order valence-electron chi connectivity index (χ0n) is 19.1. The van der Waals surface area contributed by atoms with Crippen molar-refractivity contribution < 1.29 is 27.5 Å². The van der Waals surface area contributed by atoms with Crippen molar-refractivity contribution in [3.8, 4) is 11.5 Å². The highest BCUT2D eigenvalue weighted by atomic mass is 32.2. The van der Waals surface area contributed by atoms with Crippen LogP contribution in [0.1, 0.15) is 22.8 Å². The van der Waals surface area contributed by atoms with Gasteiger partial charge in [0.25, 0.3) is 15.9 Å². The number of carbonyl (C=O) groups is 2. The molecule has 3 aromatic rings. The highest BCUT2D eigenvalue weighted by molar-refractivity contribution is 7.92. The van der Waals surface area contributed by atoms with Crippen molar-refractivity contribution in [2.45, 2.75) is 18.7 Å². The Kier molecular flexibility index (Phi) is 7.42. The minimum Gasteiger partial charge on any atom is -0.495 e. The molecule has 0 aliphatic carbocycles. The summed E-state index contributed by atoms with van der Waals surface area (Å²) in [6, 6.07) is 15.8. The molecule has 0 heterocycles. The number of aryl methyl sites for hydroxylation is 1. The van der Waals surface area contributed by atoms with E-state index in [1.807, 2.05) is 0 Å². The molecule has 0 atom stereocenters. The summed E-state index contributed by atoms with van der Waals surface area (Å²) in [5.41, 5.74) is 1.65. The molecule has 0 saturated heterocycles. The van der Waals surface area contributed by atoms with E-state index in [1.54, 1.807) is 55.5 Å². The number of ether oxygens (including phenoxy) is 2. The lowest BCUT2D eigenvalue weighted by atomic mass is 10.1. The Balaban J connectivity index is 1.91. The number of hydrogen-bond donors (Lipinski definition) is 3. The van der Waals surface area contributed by atoms with Crippen molar-refractivity contribution in [3.05, 3.63) is 71.8 Å². The van der Waals surface area contributed by atoms with E-state index in [2.05, 4.69) is 15.4 Å². The van der Waals surface area contributed by atoms with Gasteiger partial charge in [-0.25, -0.2) is 8.42 Å². The molecule has 9 nitrogen and oxygen atoms in total. The Morgan fingerprint density at radius 2 is 1.50 bits per heavy atom. The van der Waals surface area contributed by atoms with E-state index >= 15 is 0 Å². The van der Waals surface area contributed by atoms with E-state index in [4.69, 9.17) is 9.47 Å². The standard InChI is InChI=1S/C24H25N3O6S/c1-15-9-10-17(13-23(15)34(30,31)27-19-7-5-6-8-21(19)32-3)24(29)26-20-14-18(25-16(2)28)11-12-22(20)33-4/h5-14,27H,1-4H3,(H,25,28)(H,26,29). The Morgan fingerprint density at radius 1 is 0.824 bits per heavy atom. The molecule has 3 aromatic carbocycles. The number of anilines is 3. The number of hydrogen-bond acceptors (Lipinski definition) is 6. The van der Waals surface area contributed by atoms with E-state index in [0.717, 1.165) is 0 Å². The van der Waals surface area contributed by atoms with Crippen molar-refractivity contribution in [2.75, 3.05) is 29.6 Å². The van der Waals surface area contributed by atoms with Crippen LogP contribution in [0.2, 0.25) is 0 Å². The third-order valence-electron chi connectivity index (χ3n) is 4.86. The van der Waals surface area contributed by atoms with Crippen molar-refractivity contribution in [3.63, 3.8) is 0 Å². The lowest BCUT2D eigenvalue weighted by molar-refractivity contribution is -0.114. The Morgan fingerprint density at radius 3 is 2.18 bits per heavy atom. The lowest BCUT2D eigenvalue weighted by Gasteiger charge is -2.15. The Labute approximate surface area is 198 Å². The number of nitrogens with one attached hydrogen (secondary N) is 3. The molecule has 3 N–H and O–H groups in total. The number of carbonyl (C=O) groups excluding carboxylic acids is 2. The van der Waals surface area contributed by atoms with Gasteiger partial charge in [0.05, 0.1) is 30.5 Å². The normalized spacial score (nSPS) is 10.8. The summed E-state index contributed by atoms with van der Waals surface area (Å²) in [5.74, 6) is -0.0746. The summed E-state index contributed by atoms with van der Waals surface area (Å²) in [6.45, 7) is 3.01. The summed E-state index contributed by atoms with van der Waals surface area (Å²) >= 11 is 0. The number of benzene rings is 3. The van der Waals surface area contributed by atoms with Crippen LogP contribution in [0.15, 0.2) is 65.6 Å². The van der Waals surface area contributed by atoms with Crippen LogP contribution in [0.25, 0.3) is 0 Å². The van der Waals surface area contributed by atoms with Crippen LogP contribution in [0.5, 0.6) is 11.5 Å². The molecule has 34 heavy (non-hydrogen) atoms. The maximum absolute atomic E-state index is 13.1. The molecule has 0 unspecified atom stereocenters. The maximum atomic E-state index is 13.1. The average Bonchev–Trinajstić information content (AvgIpc) is 2.79. The molecule has 0 aromatic heterocycles. The molecule has 10 heteroatoms. The second-order valence-electron chi connectivity index (χ2n) is 7.34. The van der Waals surface area contributed by atoms with E-state index in [1.165, 1.54) is 33.3 Å². The minimum absolute atomic E-state index is 0.0509. The SMILES string of the molecule is COc1ccc(NC(C)=O)cc1NC(=O)c1ccc(C)c(S(=O)(=O)Nc2ccccc2OC)c1. The van der Waals surface area contributed by atoms with Crippen LogP contribution in [-0.2, 0) is 14.8 Å². The smallest absolute Gasteiger partial charge is 0.262 e. The molecule has 178 valence electrons.